The quantitative estimate of drug-likeness (QED) is 0.148. The topological polar surface area (TPSA) is 142 Å². The summed E-state index contributed by atoms with van der Waals surface area (Å²) in [4.78, 5) is 29.4. The highest BCUT2D eigenvalue weighted by atomic mass is 32.3. The Kier molecular flexibility index (Phi) is 9.20. The molecule has 2 atom stereocenters. The molecule has 248 valence electrons. The third-order valence-corrected chi connectivity index (χ3v) is 12.4. The van der Waals surface area contributed by atoms with E-state index in [1.54, 1.807) is 52.4 Å². The van der Waals surface area contributed by atoms with Gasteiger partial charge in [-0.15, -0.1) is 27.2 Å². The van der Waals surface area contributed by atoms with E-state index in [4.69, 9.17) is 4.98 Å². The second-order valence-corrected chi connectivity index (χ2v) is 16.0. The van der Waals surface area contributed by atoms with Gasteiger partial charge >= 0.3 is 0 Å². The maximum absolute atomic E-state index is 14.1. The fraction of sp³-hybridized carbons (Fsp3) is 0.412. The van der Waals surface area contributed by atoms with Crippen LogP contribution in [0.4, 0.5) is 5.69 Å². The summed E-state index contributed by atoms with van der Waals surface area (Å²) in [7, 11) is -3.30. The summed E-state index contributed by atoms with van der Waals surface area (Å²) in [5.41, 5.74) is 4.78. The molecule has 1 aliphatic rings. The number of amides is 1. The molecule has 0 spiro atoms. The van der Waals surface area contributed by atoms with Crippen LogP contribution in [-0.4, -0.2) is 55.8 Å². The number of aromatic nitrogens is 6. The number of thiazole rings is 1. The largest absolute Gasteiger partial charge is 0.324 e. The molecule has 2 unspecified atom stereocenters. The van der Waals surface area contributed by atoms with Crippen molar-refractivity contribution in [1.29, 1.82) is 0 Å². The highest BCUT2D eigenvalue weighted by Gasteiger charge is 2.43. The van der Waals surface area contributed by atoms with E-state index in [1.165, 1.54) is 0 Å². The number of hydrogen-bond donors (Lipinski definition) is 3. The van der Waals surface area contributed by atoms with Gasteiger partial charge in [0, 0.05) is 30.4 Å². The molecule has 13 heteroatoms. The third-order valence-electron chi connectivity index (χ3n) is 9.33. The predicted molar refractivity (Wildman–Crippen MR) is 187 cm³/mol. The van der Waals surface area contributed by atoms with E-state index < -0.39 is 22.1 Å². The fourth-order valence-electron chi connectivity index (χ4n) is 6.43. The standard InChI is InChI=1S/C34H42N8O3S2/c1-7-23-17-26-29(12-10-16-36-26)47(44,45)41(19-23)20-27-22(4)46-32(38-27)30(34(5,6)33(43)37-24-11-9-15-35-18-24)25-13-14-28-31(21(25)3)39-40-42(28)8-2/h9-16,18,23,30,44-45H,7-8,17,19-20H2,1-6H3,(H,37,43). The number of anilines is 1. The number of hydrogen-bond acceptors (Lipinski definition) is 10. The van der Waals surface area contributed by atoms with Gasteiger partial charge in [-0.25, -0.2) is 9.67 Å². The van der Waals surface area contributed by atoms with Crippen molar-refractivity contribution < 1.29 is 13.9 Å². The van der Waals surface area contributed by atoms with Crippen LogP contribution in [0.1, 0.15) is 72.4 Å². The molecular formula is C34H42N8O3S2. The maximum Gasteiger partial charge on any atom is 0.231 e. The normalized spacial score (nSPS) is 18.0. The SMILES string of the molecule is CCC1Cc2ncccc2S(O)(O)N(Cc2nc(C(c3ccc4c(nnn4CC)c3C)C(C)(C)C(=O)Nc3cccnc3)sc2C)C1. The van der Waals surface area contributed by atoms with Gasteiger partial charge in [-0.3, -0.25) is 23.9 Å². The van der Waals surface area contributed by atoms with Gasteiger partial charge in [0.25, 0.3) is 0 Å². The number of fused-ring (bicyclic) bond motifs is 2. The van der Waals surface area contributed by atoms with Crippen LogP contribution in [0, 0.1) is 25.2 Å². The first kappa shape index (κ1) is 33.2. The predicted octanol–water partition coefficient (Wildman–Crippen LogP) is 7.22. The number of nitrogens with zero attached hydrogens (tertiary/aromatic N) is 7. The summed E-state index contributed by atoms with van der Waals surface area (Å²) in [5.74, 6) is -0.395. The highest BCUT2D eigenvalue weighted by Crippen LogP contribution is 2.56. The van der Waals surface area contributed by atoms with E-state index in [0.29, 0.717) is 30.1 Å². The third kappa shape index (κ3) is 6.18. The number of pyridine rings is 2. The minimum Gasteiger partial charge on any atom is -0.324 e. The molecule has 3 N–H and O–H groups in total. The van der Waals surface area contributed by atoms with E-state index in [0.717, 1.165) is 49.9 Å². The molecule has 0 radical (unpaired) electrons. The number of rotatable bonds is 9. The van der Waals surface area contributed by atoms with E-state index in [9.17, 15) is 13.9 Å². The monoisotopic (exact) mass is 674 g/mol. The second-order valence-electron chi connectivity index (χ2n) is 12.7. The van der Waals surface area contributed by atoms with Gasteiger partial charge in [0.1, 0.15) is 10.5 Å². The average molecular weight is 675 g/mol. The Morgan fingerprint density at radius 3 is 2.66 bits per heavy atom. The fourth-order valence-corrected chi connectivity index (χ4v) is 9.38. The number of carbonyl (C=O) groups is 1. The number of nitrogens with one attached hydrogen (secondary N) is 1. The summed E-state index contributed by atoms with van der Waals surface area (Å²) < 4.78 is 26.9. The van der Waals surface area contributed by atoms with Crippen LogP contribution in [0.2, 0.25) is 0 Å². The van der Waals surface area contributed by atoms with Crippen LogP contribution < -0.4 is 5.32 Å². The minimum atomic E-state index is -3.30. The molecule has 4 aromatic heterocycles. The van der Waals surface area contributed by atoms with Crippen LogP contribution in [0.5, 0.6) is 0 Å². The molecule has 0 saturated heterocycles. The Balaban J connectivity index is 1.43. The summed E-state index contributed by atoms with van der Waals surface area (Å²) in [6.45, 7) is 13.5. The van der Waals surface area contributed by atoms with Gasteiger partial charge in [0.15, 0.2) is 0 Å². The molecule has 47 heavy (non-hydrogen) atoms. The highest BCUT2D eigenvalue weighted by molar-refractivity contribution is 8.22. The van der Waals surface area contributed by atoms with Gasteiger partial charge in [0.05, 0.1) is 51.6 Å². The molecular weight excluding hydrogens is 633 g/mol. The first-order chi connectivity index (χ1) is 22.4. The molecule has 0 aliphatic carbocycles. The lowest BCUT2D eigenvalue weighted by molar-refractivity contribution is -0.124. The number of aryl methyl sites for hydroxylation is 3. The minimum absolute atomic E-state index is 0.168. The number of carbonyl (C=O) groups excluding carboxylic acids is 1. The summed E-state index contributed by atoms with van der Waals surface area (Å²) >= 11 is 1.54. The Morgan fingerprint density at radius 1 is 1.15 bits per heavy atom. The lowest BCUT2D eigenvalue weighted by atomic mass is 9.73. The van der Waals surface area contributed by atoms with Crippen LogP contribution in [0.15, 0.2) is 59.9 Å². The van der Waals surface area contributed by atoms with Crippen molar-refractivity contribution in [3.63, 3.8) is 0 Å². The van der Waals surface area contributed by atoms with Crippen molar-refractivity contribution in [1.82, 2.24) is 34.3 Å². The summed E-state index contributed by atoms with van der Waals surface area (Å²) in [5, 5.41) is 12.7. The Morgan fingerprint density at radius 2 is 1.94 bits per heavy atom. The lowest BCUT2D eigenvalue weighted by Crippen LogP contribution is -2.37. The van der Waals surface area contributed by atoms with Crippen molar-refractivity contribution in [2.45, 2.75) is 78.3 Å². The smallest absolute Gasteiger partial charge is 0.231 e. The van der Waals surface area contributed by atoms with Gasteiger partial charge < -0.3 is 5.32 Å². The molecule has 5 heterocycles. The molecule has 5 aromatic rings. The molecule has 0 fully saturated rings. The first-order valence-corrected chi connectivity index (χ1v) is 18.2. The van der Waals surface area contributed by atoms with E-state index in [-0.39, 0.29) is 18.4 Å². The Bertz CT molecular complexity index is 1910. The van der Waals surface area contributed by atoms with Crippen molar-refractivity contribution in [3.8, 4) is 0 Å². The summed E-state index contributed by atoms with van der Waals surface area (Å²) in [6.07, 6.45) is 6.58. The molecule has 6 rings (SSSR count). The first-order valence-electron chi connectivity index (χ1n) is 15.9. The number of benzene rings is 1. The lowest BCUT2D eigenvalue weighted by Gasteiger charge is -2.42. The Labute approximate surface area is 281 Å². The zero-order chi connectivity index (χ0) is 33.5. The van der Waals surface area contributed by atoms with Crippen molar-refractivity contribution in [2.24, 2.45) is 11.3 Å². The van der Waals surface area contributed by atoms with Gasteiger partial charge in [-0.1, -0.05) is 38.5 Å². The van der Waals surface area contributed by atoms with Crippen molar-refractivity contribution in [2.75, 3.05) is 11.9 Å². The van der Waals surface area contributed by atoms with Gasteiger partial charge in [-0.05, 0) is 74.6 Å². The van der Waals surface area contributed by atoms with Crippen LogP contribution >= 0.6 is 22.1 Å². The van der Waals surface area contributed by atoms with Gasteiger partial charge in [-0.2, -0.15) is 4.31 Å². The molecule has 0 bridgehead atoms. The van der Waals surface area contributed by atoms with Crippen LogP contribution in [0.3, 0.4) is 0 Å². The molecule has 0 saturated carbocycles. The van der Waals surface area contributed by atoms with Gasteiger partial charge in [0.2, 0.25) is 5.91 Å². The van der Waals surface area contributed by atoms with Crippen LogP contribution in [-0.2, 0) is 24.3 Å². The molecule has 1 aromatic carbocycles. The second kappa shape index (κ2) is 13.0. The Hall–Kier alpha value is -3.75. The molecule has 11 nitrogen and oxygen atoms in total. The molecule has 1 amide bonds. The maximum atomic E-state index is 14.1. The summed E-state index contributed by atoms with van der Waals surface area (Å²) in [6, 6.07) is 11.2. The van der Waals surface area contributed by atoms with E-state index in [2.05, 4.69) is 38.6 Å². The average Bonchev–Trinajstić information content (AvgIpc) is 3.62. The zero-order valence-corrected chi connectivity index (χ0v) is 29.3. The zero-order valence-electron chi connectivity index (χ0n) is 27.6. The van der Waals surface area contributed by atoms with Crippen LogP contribution in [0.25, 0.3) is 11.0 Å². The molecule has 1 aliphatic heterocycles. The van der Waals surface area contributed by atoms with Crippen molar-refractivity contribution >= 4 is 44.7 Å². The van der Waals surface area contributed by atoms with Crippen molar-refractivity contribution in [3.05, 3.63) is 87.4 Å². The van der Waals surface area contributed by atoms with E-state index in [1.807, 2.05) is 51.4 Å². The van der Waals surface area contributed by atoms with E-state index >= 15 is 0 Å².